The molecular weight excluding hydrogens is 591 g/mol. The summed E-state index contributed by atoms with van der Waals surface area (Å²) in [4.78, 5) is 37.0. The number of ketones is 1. The second-order valence-electron chi connectivity index (χ2n) is 10.3. The predicted molar refractivity (Wildman–Crippen MR) is 159 cm³/mol. The van der Waals surface area contributed by atoms with Gasteiger partial charge in [-0.05, 0) is 60.9 Å². The van der Waals surface area contributed by atoms with Crippen molar-refractivity contribution in [2.45, 2.75) is 50.9 Å². The third kappa shape index (κ3) is 5.00. The van der Waals surface area contributed by atoms with Crippen molar-refractivity contribution in [3.8, 4) is 5.69 Å². The van der Waals surface area contributed by atoms with Gasteiger partial charge in [-0.1, -0.05) is 55.4 Å². The van der Waals surface area contributed by atoms with Gasteiger partial charge in [0.05, 0.1) is 27.4 Å². The van der Waals surface area contributed by atoms with Crippen LogP contribution in [0.25, 0.3) is 26.8 Å². The summed E-state index contributed by atoms with van der Waals surface area (Å²) in [6.07, 6.45) is 0.249. The van der Waals surface area contributed by atoms with Gasteiger partial charge in [0.25, 0.3) is 5.56 Å². The van der Waals surface area contributed by atoms with E-state index in [1.54, 1.807) is 6.20 Å². The van der Waals surface area contributed by atoms with Crippen LogP contribution in [-0.4, -0.2) is 26.1 Å². The Kier molecular flexibility index (Phi) is 7.28. The number of aromatic amines is 1. The van der Waals surface area contributed by atoms with E-state index >= 15 is 0 Å². The van der Waals surface area contributed by atoms with Crippen molar-refractivity contribution in [2.75, 3.05) is 5.75 Å². The van der Waals surface area contributed by atoms with Crippen molar-refractivity contribution in [3.63, 3.8) is 0 Å². The summed E-state index contributed by atoms with van der Waals surface area (Å²) < 4.78 is 42.5. The second-order valence-corrected chi connectivity index (χ2v) is 12.8. The van der Waals surface area contributed by atoms with E-state index in [0.29, 0.717) is 28.1 Å². The molecule has 0 unspecified atom stereocenters. The Labute approximate surface area is 246 Å². The Bertz CT molecular complexity index is 1890. The van der Waals surface area contributed by atoms with Crippen LogP contribution in [-0.2, 0) is 25.4 Å². The zero-order valence-electron chi connectivity index (χ0n) is 22.2. The summed E-state index contributed by atoms with van der Waals surface area (Å²) in [6.45, 7) is 4.20. The number of fused-ring (bicyclic) bond motifs is 4. The number of carbonyl (C=O) groups excluding carboxylic acids is 1. The monoisotopic (exact) mass is 615 g/mol. The Balaban J connectivity index is 1.46. The molecule has 5 nitrogen and oxygen atoms in total. The molecule has 2 aromatic carbocycles. The van der Waals surface area contributed by atoms with Gasteiger partial charge < -0.3 is 4.98 Å². The minimum absolute atomic E-state index is 0.000108. The summed E-state index contributed by atoms with van der Waals surface area (Å²) in [5, 5.41) is 0.954. The number of aromatic nitrogens is 3. The highest BCUT2D eigenvalue weighted by Crippen LogP contribution is 2.39. The molecule has 0 radical (unpaired) electrons. The average Bonchev–Trinajstić information content (AvgIpc) is 3.53. The molecular formula is C30H25ClF3N3O2S2. The zero-order chi connectivity index (χ0) is 29.1. The molecule has 1 aliphatic rings. The number of aryl methyl sites for hydroxylation is 2. The maximum atomic E-state index is 14.0. The van der Waals surface area contributed by atoms with Crippen LogP contribution in [0.4, 0.5) is 13.2 Å². The fourth-order valence-electron chi connectivity index (χ4n) is 5.52. The lowest BCUT2D eigenvalue weighted by Crippen LogP contribution is -2.23. The van der Waals surface area contributed by atoms with E-state index in [0.717, 1.165) is 70.1 Å². The molecule has 0 saturated carbocycles. The van der Waals surface area contributed by atoms with Gasteiger partial charge in [-0.2, -0.15) is 13.2 Å². The smallest absolute Gasteiger partial charge is 0.360 e. The van der Waals surface area contributed by atoms with E-state index < -0.39 is 22.3 Å². The molecule has 5 aromatic rings. The molecule has 41 heavy (non-hydrogen) atoms. The number of hydrogen-bond acceptors (Lipinski definition) is 5. The number of alkyl halides is 3. The van der Waals surface area contributed by atoms with Gasteiger partial charge in [-0.15, -0.1) is 11.3 Å². The third-order valence-electron chi connectivity index (χ3n) is 7.63. The molecule has 212 valence electrons. The fourth-order valence-corrected chi connectivity index (χ4v) is 8.06. The molecule has 1 aliphatic carbocycles. The van der Waals surface area contributed by atoms with E-state index in [1.165, 1.54) is 22.0 Å². The van der Waals surface area contributed by atoms with Crippen LogP contribution < -0.4 is 5.56 Å². The first-order valence-electron chi connectivity index (χ1n) is 13.3. The van der Waals surface area contributed by atoms with Gasteiger partial charge in [0.2, 0.25) is 0 Å². The number of Topliss-reactive ketones (excluding diaryl/α,β-unsaturated/α-hetero) is 1. The molecule has 6 rings (SSSR count). The topological polar surface area (TPSA) is 67.8 Å². The molecule has 0 aliphatic heterocycles. The number of halogens is 4. The number of para-hydroxylation sites is 1. The molecule has 0 amide bonds. The van der Waals surface area contributed by atoms with Gasteiger partial charge in [-0.25, -0.2) is 4.98 Å². The van der Waals surface area contributed by atoms with Crippen LogP contribution >= 0.6 is 34.7 Å². The number of hydrogen-bond donors (Lipinski definition) is 1. The Morgan fingerprint density at radius 3 is 2.83 bits per heavy atom. The van der Waals surface area contributed by atoms with E-state index in [1.807, 2.05) is 25.1 Å². The highest BCUT2D eigenvalue weighted by atomic mass is 35.5. The molecule has 0 fully saturated rings. The SMILES string of the molecule is CCc1cccc2c(C(=O)CSc3nc4sc5c(c4c(=O)n3-c3ccc(Cl)c(C(F)(F)F)c3)CC[C@H](C)C5)c[nH]c12. The quantitative estimate of drug-likeness (QED) is 0.119. The molecule has 0 bridgehead atoms. The molecule has 3 heterocycles. The first kappa shape index (κ1) is 28.1. The number of H-pyrrole nitrogens is 1. The Morgan fingerprint density at radius 2 is 2.07 bits per heavy atom. The highest BCUT2D eigenvalue weighted by Gasteiger charge is 2.34. The van der Waals surface area contributed by atoms with Crippen molar-refractivity contribution in [2.24, 2.45) is 5.92 Å². The summed E-state index contributed by atoms with van der Waals surface area (Å²) in [5.74, 6) is 0.240. The highest BCUT2D eigenvalue weighted by molar-refractivity contribution is 7.99. The lowest BCUT2D eigenvalue weighted by atomic mass is 9.89. The van der Waals surface area contributed by atoms with Crippen molar-refractivity contribution >= 4 is 61.6 Å². The first-order chi connectivity index (χ1) is 19.6. The van der Waals surface area contributed by atoms with Gasteiger partial charge in [-0.3, -0.25) is 14.2 Å². The largest absolute Gasteiger partial charge is 0.417 e. The number of thiophene rings is 1. The van der Waals surface area contributed by atoms with Crippen LogP contribution in [0.3, 0.4) is 0 Å². The number of nitrogens with zero attached hydrogens (tertiary/aromatic N) is 2. The van der Waals surface area contributed by atoms with E-state index in [2.05, 4.69) is 11.9 Å². The minimum atomic E-state index is -4.71. The van der Waals surface area contributed by atoms with Crippen molar-refractivity contribution in [3.05, 3.63) is 85.1 Å². The van der Waals surface area contributed by atoms with E-state index in [9.17, 15) is 22.8 Å². The summed E-state index contributed by atoms with van der Waals surface area (Å²) in [5.41, 5.74) is 1.96. The summed E-state index contributed by atoms with van der Waals surface area (Å²) in [7, 11) is 0. The number of thioether (sulfide) groups is 1. The van der Waals surface area contributed by atoms with Gasteiger partial charge >= 0.3 is 6.18 Å². The normalized spacial score (nSPS) is 15.5. The Morgan fingerprint density at radius 1 is 1.27 bits per heavy atom. The second kappa shape index (κ2) is 10.6. The van der Waals surface area contributed by atoms with Crippen LogP contribution in [0.1, 0.15) is 52.2 Å². The van der Waals surface area contributed by atoms with Crippen LogP contribution in [0.15, 0.2) is 52.5 Å². The van der Waals surface area contributed by atoms with Gasteiger partial charge in [0.15, 0.2) is 10.9 Å². The molecule has 11 heteroatoms. The molecule has 0 spiro atoms. The van der Waals surface area contributed by atoms with Crippen molar-refractivity contribution in [1.29, 1.82) is 0 Å². The van der Waals surface area contributed by atoms with Gasteiger partial charge in [0.1, 0.15) is 4.83 Å². The summed E-state index contributed by atoms with van der Waals surface area (Å²) in [6, 6.07) is 9.18. The number of benzene rings is 2. The number of nitrogens with one attached hydrogen (secondary N) is 1. The fraction of sp³-hybridized carbons (Fsp3) is 0.300. The number of rotatable bonds is 6. The minimum Gasteiger partial charge on any atom is -0.360 e. The zero-order valence-corrected chi connectivity index (χ0v) is 24.6. The van der Waals surface area contributed by atoms with E-state index in [-0.39, 0.29) is 22.4 Å². The predicted octanol–water partition coefficient (Wildman–Crippen LogP) is 8.26. The molecule has 1 N–H and O–H groups in total. The molecule has 0 saturated heterocycles. The molecule has 1 atom stereocenters. The van der Waals surface area contributed by atoms with Gasteiger partial charge in [0, 0.05) is 27.5 Å². The van der Waals surface area contributed by atoms with Crippen LogP contribution in [0, 0.1) is 5.92 Å². The molecule has 3 aromatic heterocycles. The maximum Gasteiger partial charge on any atom is 0.417 e. The summed E-state index contributed by atoms with van der Waals surface area (Å²) >= 11 is 8.38. The van der Waals surface area contributed by atoms with E-state index in [4.69, 9.17) is 16.6 Å². The first-order valence-corrected chi connectivity index (χ1v) is 15.4. The lowest BCUT2D eigenvalue weighted by molar-refractivity contribution is -0.137. The standard InChI is InChI=1S/C30H25ClF3N3O2S2/c1-3-16-5-4-6-18-20(13-35-26(16)18)23(38)14-40-29-36-27-25(19-9-7-15(2)11-24(19)41-27)28(39)37(29)17-8-10-22(31)21(12-17)30(32,33)34/h4-6,8,10,12-13,15,35H,3,7,9,11,14H2,1-2H3/t15-/m0/s1. The van der Waals surface area contributed by atoms with Crippen molar-refractivity contribution < 1.29 is 18.0 Å². The van der Waals surface area contributed by atoms with Crippen LogP contribution in [0.2, 0.25) is 5.02 Å². The average molecular weight is 616 g/mol. The lowest BCUT2D eigenvalue weighted by Gasteiger charge is -2.18. The number of carbonyl (C=O) groups is 1. The Hall–Kier alpha value is -3.08. The van der Waals surface area contributed by atoms with Crippen LogP contribution in [0.5, 0.6) is 0 Å². The third-order valence-corrected chi connectivity index (χ3v) is 10.0. The van der Waals surface area contributed by atoms with Crippen molar-refractivity contribution in [1.82, 2.24) is 14.5 Å². The maximum absolute atomic E-state index is 14.0.